The zero-order valence-electron chi connectivity index (χ0n) is 23.3. The van der Waals surface area contributed by atoms with Gasteiger partial charge in [0.1, 0.15) is 5.75 Å². The van der Waals surface area contributed by atoms with Gasteiger partial charge in [-0.15, -0.1) is 29.9 Å². The number of rotatable bonds is 7. The summed E-state index contributed by atoms with van der Waals surface area (Å²) in [6.45, 7) is 2.48. The number of methoxy groups -OCH3 is 1. The van der Waals surface area contributed by atoms with Gasteiger partial charge in [-0.2, -0.15) is 17.9 Å². The fourth-order valence-corrected chi connectivity index (χ4v) is 6.43. The number of aliphatic hydroxyl groups is 1. The van der Waals surface area contributed by atoms with Crippen LogP contribution in [0.3, 0.4) is 0 Å². The number of alkyl halides is 3. The maximum Gasteiger partial charge on any atom is 0.453 e. The van der Waals surface area contributed by atoms with Crippen molar-refractivity contribution >= 4 is 24.8 Å². The van der Waals surface area contributed by atoms with Gasteiger partial charge in [0.25, 0.3) is 5.82 Å². The molecular weight excluding hydrogens is 604 g/mol. The normalized spacial score (nSPS) is 20.7. The fourth-order valence-electron chi connectivity index (χ4n) is 6.43. The van der Waals surface area contributed by atoms with Crippen LogP contribution in [0.15, 0.2) is 78.9 Å². The minimum Gasteiger partial charge on any atom is -0.496 e. The standard InChI is InChI=1S/C30H31F3N6O2.2ClH/c1-41-27-13-12-23(39-29(30(31,32)33)34-35-36-39)14-22(27)16-37-17-24-15-25(40)18-38(24)26(19-37)28(20-8-4-2-5-9-20)21-10-6-3-7-11-21;;/h2-14,24-26,28,40H,15-19H2,1H3;2*1H. The van der Waals surface area contributed by atoms with Crippen LogP contribution in [-0.4, -0.2) is 80.0 Å². The first-order valence-corrected chi connectivity index (χ1v) is 13.6. The van der Waals surface area contributed by atoms with Crippen molar-refractivity contribution < 1.29 is 23.0 Å². The van der Waals surface area contributed by atoms with Crippen molar-refractivity contribution in [1.82, 2.24) is 30.0 Å². The van der Waals surface area contributed by atoms with Crippen molar-refractivity contribution in [2.45, 2.75) is 43.2 Å². The van der Waals surface area contributed by atoms with Crippen LogP contribution in [-0.2, 0) is 12.7 Å². The first kappa shape index (κ1) is 32.7. The minimum atomic E-state index is -4.69. The highest BCUT2D eigenvalue weighted by atomic mass is 35.5. The third-order valence-corrected chi connectivity index (χ3v) is 8.10. The van der Waals surface area contributed by atoms with E-state index in [4.69, 9.17) is 4.74 Å². The summed E-state index contributed by atoms with van der Waals surface area (Å²) < 4.78 is 46.9. The molecule has 3 aromatic carbocycles. The van der Waals surface area contributed by atoms with Crippen LogP contribution in [0, 0.1) is 0 Å². The molecule has 1 N–H and O–H groups in total. The first-order chi connectivity index (χ1) is 19.8. The highest BCUT2D eigenvalue weighted by Gasteiger charge is 2.44. The van der Waals surface area contributed by atoms with Crippen LogP contribution < -0.4 is 4.74 Å². The van der Waals surface area contributed by atoms with Gasteiger partial charge in [0, 0.05) is 49.7 Å². The second-order valence-corrected chi connectivity index (χ2v) is 10.7. The molecule has 8 nitrogen and oxygen atoms in total. The molecule has 2 aliphatic rings. The van der Waals surface area contributed by atoms with E-state index in [9.17, 15) is 18.3 Å². The van der Waals surface area contributed by atoms with Gasteiger partial charge >= 0.3 is 6.18 Å². The number of aromatic nitrogens is 4. The molecule has 2 aliphatic heterocycles. The predicted molar refractivity (Wildman–Crippen MR) is 160 cm³/mol. The molecule has 0 aliphatic carbocycles. The predicted octanol–water partition coefficient (Wildman–Crippen LogP) is 4.98. The van der Waals surface area contributed by atoms with Gasteiger partial charge in [0.15, 0.2) is 0 Å². The van der Waals surface area contributed by atoms with E-state index < -0.39 is 18.1 Å². The Morgan fingerprint density at radius 1 is 0.930 bits per heavy atom. The molecule has 3 heterocycles. The number of halogens is 5. The molecule has 0 amide bonds. The number of aliphatic hydroxyl groups excluding tert-OH is 1. The third-order valence-electron chi connectivity index (χ3n) is 8.10. The van der Waals surface area contributed by atoms with Gasteiger partial charge < -0.3 is 9.84 Å². The molecule has 2 fully saturated rings. The molecule has 3 unspecified atom stereocenters. The van der Waals surface area contributed by atoms with E-state index in [1.165, 1.54) is 17.2 Å². The number of tetrazole rings is 1. The third kappa shape index (κ3) is 6.81. The van der Waals surface area contributed by atoms with Crippen LogP contribution in [0.1, 0.15) is 34.9 Å². The van der Waals surface area contributed by atoms with Crippen LogP contribution in [0.4, 0.5) is 13.2 Å². The maximum absolute atomic E-state index is 13.5. The minimum absolute atomic E-state index is 0. The zero-order chi connectivity index (χ0) is 28.6. The Morgan fingerprint density at radius 2 is 1.58 bits per heavy atom. The summed E-state index contributed by atoms with van der Waals surface area (Å²) in [5.74, 6) is -0.545. The van der Waals surface area contributed by atoms with E-state index in [1.54, 1.807) is 19.2 Å². The average molecular weight is 638 g/mol. The lowest BCUT2D eigenvalue weighted by atomic mass is 9.82. The smallest absolute Gasteiger partial charge is 0.453 e. The van der Waals surface area contributed by atoms with Crippen LogP contribution >= 0.6 is 24.8 Å². The Kier molecular flexibility index (Phi) is 10.3. The second kappa shape index (κ2) is 13.6. The van der Waals surface area contributed by atoms with Crippen molar-refractivity contribution in [3.8, 4) is 11.4 Å². The van der Waals surface area contributed by atoms with Crippen molar-refractivity contribution in [2.24, 2.45) is 0 Å². The molecule has 0 spiro atoms. The summed E-state index contributed by atoms with van der Waals surface area (Å²) in [7, 11) is 1.55. The second-order valence-electron chi connectivity index (χ2n) is 10.7. The molecule has 0 saturated carbocycles. The summed E-state index contributed by atoms with van der Waals surface area (Å²) in [5, 5.41) is 20.7. The van der Waals surface area contributed by atoms with Gasteiger partial charge in [0.2, 0.25) is 0 Å². The van der Waals surface area contributed by atoms with E-state index in [-0.39, 0.29) is 48.5 Å². The number of nitrogens with zero attached hydrogens (tertiary/aromatic N) is 6. The molecule has 0 bridgehead atoms. The number of fused-ring (bicyclic) bond motifs is 1. The molecule has 2 saturated heterocycles. The molecule has 6 rings (SSSR count). The highest BCUT2D eigenvalue weighted by molar-refractivity contribution is 5.85. The number of piperazine rings is 1. The van der Waals surface area contributed by atoms with Gasteiger partial charge in [-0.25, -0.2) is 0 Å². The van der Waals surface area contributed by atoms with Gasteiger partial charge in [-0.05, 0) is 46.2 Å². The van der Waals surface area contributed by atoms with E-state index in [0.717, 1.165) is 12.1 Å². The van der Waals surface area contributed by atoms with Crippen molar-refractivity contribution in [3.05, 3.63) is 101 Å². The molecule has 3 atom stereocenters. The molecule has 4 aromatic rings. The van der Waals surface area contributed by atoms with Gasteiger partial charge in [-0.1, -0.05) is 60.7 Å². The number of ether oxygens (including phenoxy) is 1. The van der Waals surface area contributed by atoms with Crippen LogP contribution in [0.2, 0.25) is 0 Å². The molecule has 1 aromatic heterocycles. The zero-order valence-corrected chi connectivity index (χ0v) is 25.0. The lowest BCUT2D eigenvalue weighted by Crippen LogP contribution is -2.58. The van der Waals surface area contributed by atoms with E-state index >= 15 is 0 Å². The lowest BCUT2D eigenvalue weighted by molar-refractivity contribution is -0.146. The Hall–Kier alpha value is -3.22. The molecule has 43 heavy (non-hydrogen) atoms. The number of hydrogen-bond donors (Lipinski definition) is 1. The summed E-state index contributed by atoms with van der Waals surface area (Å²) in [6, 6.07) is 25.8. The van der Waals surface area contributed by atoms with Crippen molar-refractivity contribution in [1.29, 1.82) is 0 Å². The summed E-state index contributed by atoms with van der Waals surface area (Å²) in [5.41, 5.74) is 3.33. The lowest BCUT2D eigenvalue weighted by Gasteiger charge is -2.47. The Morgan fingerprint density at radius 3 is 2.19 bits per heavy atom. The maximum atomic E-state index is 13.5. The number of hydrogen-bond acceptors (Lipinski definition) is 7. The molecule has 230 valence electrons. The van der Waals surface area contributed by atoms with E-state index in [0.29, 0.717) is 36.5 Å². The Labute approximate surface area is 260 Å². The highest BCUT2D eigenvalue weighted by Crippen LogP contribution is 2.38. The number of benzene rings is 3. The SMILES string of the molecule is COc1ccc(-n2nnnc2C(F)(F)F)cc1CN1CC2CC(O)CN2C(C(c2ccccc2)c2ccccc2)C1.Cl.Cl. The Bertz CT molecular complexity index is 1440. The quantitative estimate of drug-likeness (QED) is 0.306. The van der Waals surface area contributed by atoms with Crippen molar-refractivity contribution in [3.63, 3.8) is 0 Å². The van der Waals surface area contributed by atoms with E-state index in [1.807, 2.05) is 36.4 Å². The largest absolute Gasteiger partial charge is 0.496 e. The van der Waals surface area contributed by atoms with E-state index in [2.05, 4.69) is 49.6 Å². The van der Waals surface area contributed by atoms with Crippen LogP contribution in [0.5, 0.6) is 5.75 Å². The molecule has 13 heteroatoms. The first-order valence-electron chi connectivity index (χ1n) is 13.6. The van der Waals surface area contributed by atoms with Crippen LogP contribution in [0.25, 0.3) is 5.69 Å². The summed E-state index contributed by atoms with van der Waals surface area (Å²) in [6.07, 6.45) is -4.44. The molecular formula is C30H33Cl2F3N6O2. The van der Waals surface area contributed by atoms with Gasteiger partial charge in [-0.3, -0.25) is 9.80 Å². The summed E-state index contributed by atoms with van der Waals surface area (Å²) >= 11 is 0. The fraction of sp³-hybridized carbons (Fsp3) is 0.367. The Balaban J connectivity index is 0.00000212. The van der Waals surface area contributed by atoms with Crippen molar-refractivity contribution in [2.75, 3.05) is 26.7 Å². The monoisotopic (exact) mass is 636 g/mol. The summed E-state index contributed by atoms with van der Waals surface area (Å²) in [4.78, 5) is 4.75. The van der Waals surface area contributed by atoms with Gasteiger partial charge in [0.05, 0.1) is 18.9 Å². The topological polar surface area (TPSA) is 79.5 Å². The molecule has 0 radical (unpaired) electrons. The average Bonchev–Trinajstić information content (AvgIpc) is 3.61.